The summed E-state index contributed by atoms with van der Waals surface area (Å²) in [7, 11) is 0. The SMILES string of the molecule is Cc1nsc(NC(C)c2ccc(Br)cc2)c1C#N. The van der Waals surface area contributed by atoms with Gasteiger partial charge < -0.3 is 5.32 Å². The van der Waals surface area contributed by atoms with Crippen molar-refractivity contribution in [3.63, 3.8) is 0 Å². The van der Waals surface area contributed by atoms with Crippen LogP contribution in [0.4, 0.5) is 5.00 Å². The molecule has 2 rings (SSSR count). The summed E-state index contributed by atoms with van der Waals surface area (Å²) < 4.78 is 5.26. The minimum absolute atomic E-state index is 0.144. The predicted octanol–water partition coefficient (Wildman–Crippen LogP) is 4.26. The number of halogens is 1. The highest BCUT2D eigenvalue weighted by atomic mass is 79.9. The molecule has 0 bridgehead atoms. The van der Waals surface area contributed by atoms with E-state index >= 15 is 0 Å². The van der Waals surface area contributed by atoms with Gasteiger partial charge in [0.1, 0.15) is 16.6 Å². The third-order valence-electron chi connectivity index (χ3n) is 2.69. The van der Waals surface area contributed by atoms with Crippen molar-refractivity contribution >= 4 is 32.5 Å². The smallest absolute Gasteiger partial charge is 0.128 e. The van der Waals surface area contributed by atoms with Gasteiger partial charge in [0.25, 0.3) is 0 Å². The molecule has 3 nitrogen and oxygen atoms in total. The lowest BCUT2D eigenvalue weighted by Crippen LogP contribution is -2.06. The van der Waals surface area contributed by atoms with Crippen molar-refractivity contribution in [3.8, 4) is 6.07 Å². The van der Waals surface area contributed by atoms with Crippen LogP contribution in [0.15, 0.2) is 28.7 Å². The van der Waals surface area contributed by atoms with Gasteiger partial charge in [0, 0.05) is 10.5 Å². The molecule has 1 aromatic carbocycles. The minimum Gasteiger partial charge on any atom is -0.368 e. The Balaban J connectivity index is 2.19. The molecule has 0 amide bonds. The molecule has 1 N–H and O–H groups in total. The van der Waals surface area contributed by atoms with Crippen molar-refractivity contribution in [2.75, 3.05) is 5.32 Å². The summed E-state index contributed by atoms with van der Waals surface area (Å²) in [6.45, 7) is 3.92. The maximum Gasteiger partial charge on any atom is 0.128 e. The lowest BCUT2D eigenvalue weighted by molar-refractivity contribution is 0.888. The maximum atomic E-state index is 9.08. The summed E-state index contributed by atoms with van der Waals surface area (Å²) in [5.41, 5.74) is 2.60. The predicted molar refractivity (Wildman–Crippen MR) is 77.7 cm³/mol. The molecule has 0 aliphatic rings. The van der Waals surface area contributed by atoms with Crippen molar-refractivity contribution < 1.29 is 0 Å². The molecule has 92 valence electrons. The van der Waals surface area contributed by atoms with E-state index in [1.165, 1.54) is 17.1 Å². The number of nitrogens with one attached hydrogen (secondary N) is 1. The van der Waals surface area contributed by atoms with Crippen LogP contribution in [-0.4, -0.2) is 4.37 Å². The highest BCUT2D eigenvalue weighted by molar-refractivity contribution is 9.10. The highest BCUT2D eigenvalue weighted by Crippen LogP contribution is 2.28. The first kappa shape index (κ1) is 13.1. The monoisotopic (exact) mass is 321 g/mol. The summed E-state index contributed by atoms with van der Waals surface area (Å²) in [5.74, 6) is 0. The van der Waals surface area contributed by atoms with Crippen LogP contribution in [0.2, 0.25) is 0 Å². The first-order valence-corrected chi connectivity index (χ1v) is 7.07. The summed E-state index contributed by atoms with van der Waals surface area (Å²) in [6.07, 6.45) is 0. The molecule has 18 heavy (non-hydrogen) atoms. The van der Waals surface area contributed by atoms with Gasteiger partial charge in [-0.2, -0.15) is 9.64 Å². The van der Waals surface area contributed by atoms with Gasteiger partial charge in [-0.15, -0.1) is 0 Å². The molecule has 0 saturated heterocycles. The van der Waals surface area contributed by atoms with Crippen LogP contribution in [0.3, 0.4) is 0 Å². The van der Waals surface area contributed by atoms with Crippen LogP contribution in [0.5, 0.6) is 0 Å². The fourth-order valence-electron chi connectivity index (χ4n) is 1.63. The number of aryl methyl sites for hydroxylation is 1. The van der Waals surface area contributed by atoms with Gasteiger partial charge in [0.2, 0.25) is 0 Å². The van der Waals surface area contributed by atoms with Crippen molar-refractivity contribution in [1.29, 1.82) is 5.26 Å². The van der Waals surface area contributed by atoms with Crippen molar-refractivity contribution in [2.24, 2.45) is 0 Å². The lowest BCUT2D eigenvalue weighted by atomic mass is 10.1. The Bertz CT molecular complexity index is 583. The Morgan fingerprint density at radius 3 is 2.67 bits per heavy atom. The van der Waals surface area contributed by atoms with E-state index in [2.05, 4.69) is 50.7 Å². The van der Waals surface area contributed by atoms with Crippen LogP contribution >= 0.6 is 27.5 Å². The third kappa shape index (κ3) is 2.71. The molecule has 5 heteroatoms. The molecule has 1 aromatic heterocycles. The van der Waals surface area contributed by atoms with E-state index in [-0.39, 0.29) is 6.04 Å². The van der Waals surface area contributed by atoms with Gasteiger partial charge in [0.05, 0.1) is 5.69 Å². The number of nitrogens with zero attached hydrogens (tertiary/aromatic N) is 2. The molecule has 1 heterocycles. The summed E-state index contributed by atoms with van der Waals surface area (Å²) in [6, 6.07) is 10.5. The minimum atomic E-state index is 0.144. The van der Waals surface area contributed by atoms with Gasteiger partial charge in [-0.25, -0.2) is 0 Å². The second-order valence-corrected chi connectivity index (χ2v) is 5.69. The molecule has 1 unspecified atom stereocenters. The Morgan fingerprint density at radius 1 is 1.39 bits per heavy atom. The summed E-state index contributed by atoms with van der Waals surface area (Å²) in [4.78, 5) is 0. The number of aromatic nitrogens is 1. The van der Waals surface area contributed by atoms with E-state index < -0.39 is 0 Å². The third-order valence-corrected chi connectivity index (χ3v) is 4.09. The zero-order valence-corrected chi connectivity index (χ0v) is 12.5. The molecule has 0 saturated carbocycles. The second kappa shape index (κ2) is 5.51. The average molecular weight is 322 g/mol. The highest BCUT2D eigenvalue weighted by Gasteiger charge is 2.13. The van der Waals surface area contributed by atoms with Crippen molar-refractivity contribution in [3.05, 3.63) is 45.6 Å². The average Bonchev–Trinajstić information content (AvgIpc) is 2.70. The van der Waals surface area contributed by atoms with Crippen LogP contribution < -0.4 is 5.32 Å². The number of rotatable bonds is 3. The number of nitriles is 1. The van der Waals surface area contributed by atoms with Crippen molar-refractivity contribution in [2.45, 2.75) is 19.9 Å². The number of hydrogen-bond acceptors (Lipinski definition) is 4. The Labute approximate surface area is 119 Å². The van der Waals surface area contributed by atoms with Gasteiger partial charge in [-0.1, -0.05) is 28.1 Å². The van der Waals surface area contributed by atoms with Gasteiger partial charge in [-0.3, -0.25) is 0 Å². The van der Waals surface area contributed by atoms with E-state index in [4.69, 9.17) is 5.26 Å². The zero-order chi connectivity index (χ0) is 13.1. The molecule has 0 aliphatic carbocycles. The molecular weight excluding hydrogens is 310 g/mol. The lowest BCUT2D eigenvalue weighted by Gasteiger charge is -2.14. The fraction of sp³-hybridized carbons (Fsp3) is 0.231. The zero-order valence-electron chi connectivity index (χ0n) is 10.1. The van der Waals surface area contributed by atoms with Crippen LogP contribution in [0.1, 0.15) is 29.8 Å². The number of anilines is 1. The van der Waals surface area contributed by atoms with Crippen LogP contribution in [0, 0.1) is 18.3 Å². The first-order valence-electron chi connectivity index (χ1n) is 5.50. The normalized spacial score (nSPS) is 11.9. The molecule has 0 spiro atoms. The molecule has 2 aromatic rings. The largest absolute Gasteiger partial charge is 0.368 e. The van der Waals surface area contributed by atoms with Gasteiger partial charge in [0.15, 0.2) is 0 Å². The summed E-state index contributed by atoms with van der Waals surface area (Å²) in [5, 5.41) is 13.3. The Kier molecular flexibility index (Phi) is 4.00. The van der Waals surface area contributed by atoms with Crippen LogP contribution in [-0.2, 0) is 0 Å². The topological polar surface area (TPSA) is 48.7 Å². The standard InChI is InChI=1S/C13H12BrN3S/c1-8(10-3-5-11(14)6-4-10)16-13-12(7-15)9(2)17-18-13/h3-6,8,16H,1-2H3. The fourth-order valence-corrected chi connectivity index (χ4v) is 2.73. The molecule has 0 radical (unpaired) electrons. The van der Waals surface area contributed by atoms with Crippen LogP contribution in [0.25, 0.3) is 0 Å². The Morgan fingerprint density at radius 2 is 2.06 bits per heavy atom. The second-order valence-electron chi connectivity index (χ2n) is 4.00. The molecule has 0 aliphatic heterocycles. The van der Waals surface area contributed by atoms with E-state index in [0.717, 1.165) is 15.2 Å². The van der Waals surface area contributed by atoms with E-state index in [1.807, 2.05) is 19.1 Å². The maximum absolute atomic E-state index is 9.08. The quantitative estimate of drug-likeness (QED) is 0.918. The molecule has 0 fully saturated rings. The Hall–Kier alpha value is -1.38. The van der Waals surface area contributed by atoms with E-state index in [9.17, 15) is 0 Å². The van der Waals surface area contributed by atoms with Gasteiger partial charge in [-0.05, 0) is 43.1 Å². The van der Waals surface area contributed by atoms with E-state index in [1.54, 1.807) is 0 Å². The summed E-state index contributed by atoms with van der Waals surface area (Å²) >= 11 is 4.75. The van der Waals surface area contributed by atoms with Gasteiger partial charge >= 0.3 is 0 Å². The molecular formula is C13H12BrN3S. The number of benzene rings is 1. The molecule has 1 atom stereocenters. The van der Waals surface area contributed by atoms with Crippen molar-refractivity contribution in [1.82, 2.24) is 4.37 Å². The first-order chi connectivity index (χ1) is 8.61. The van der Waals surface area contributed by atoms with E-state index in [0.29, 0.717) is 5.56 Å². The number of hydrogen-bond donors (Lipinski definition) is 1.